The predicted octanol–water partition coefficient (Wildman–Crippen LogP) is 2.68. The zero-order valence-corrected chi connectivity index (χ0v) is 10.0. The van der Waals surface area contributed by atoms with E-state index in [1.165, 1.54) is 38.5 Å². The van der Waals surface area contributed by atoms with Crippen molar-refractivity contribution < 1.29 is 0 Å². The minimum atomic E-state index is 0.559. The quantitative estimate of drug-likeness (QED) is 0.572. The van der Waals surface area contributed by atoms with Gasteiger partial charge in [0.15, 0.2) is 0 Å². The lowest BCUT2D eigenvalue weighted by Gasteiger charge is -2.10. The first-order valence-electron chi connectivity index (χ1n) is 5.82. The molecule has 0 atom stereocenters. The van der Waals surface area contributed by atoms with Gasteiger partial charge in [-0.15, -0.1) is 5.10 Å². The topological polar surface area (TPSA) is 43.6 Å². The minimum absolute atomic E-state index is 0.559. The van der Waals surface area contributed by atoms with Gasteiger partial charge in [0.05, 0.1) is 6.04 Å². The van der Waals surface area contributed by atoms with Crippen LogP contribution in [0.25, 0.3) is 0 Å². The van der Waals surface area contributed by atoms with Gasteiger partial charge in [0.1, 0.15) is 0 Å². The molecular weight excluding hydrogens is 208 g/mol. The highest BCUT2D eigenvalue weighted by molar-refractivity contribution is 7.99. The SMILES string of the molecule is CCCCSc1nnnn1C1CCCC1. The van der Waals surface area contributed by atoms with Crippen LogP contribution in [0.1, 0.15) is 51.5 Å². The van der Waals surface area contributed by atoms with Crippen molar-refractivity contribution in [2.24, 2.45) is 0 Å². The summed E-state index contributed by atoms with van der Waals surface area (Å²) in [6.07, 6.45) is 7.60. The van der Waals surface area contributed by atoms with Crippen LogP contribution in [0.4, 0.5) is 0 Å². The van der Waals surface area contributed by atoms with Crippen LogP contribution >= 0.6 is 11.8 Å². The van der Waals surface area contributed by atoms with Gasteiger partial charge >= 0.3 is 0 Å². The number of rotatable bonds is 5. The molecule has 0 unspecified atom stereocenters. The number of nitrogens with zero attached hydrogens (tertiary/aromatic N) is 4. The fraction of sp³-hybridized carbons (Fsp3) is 0.900. The monoisotopic (exact) mass is 226 g/mol. The molecule has 1 heterocycles. The summed E-state index contributed by atoms with van der Waals surface area (Å²) in [5.41, 5.74) is 0. The lowest BCUT2D eigenvalue weighted by atomic mass is 10.3. The molecule has 1 aliphatic rings. The Morgan fingerprint density at radius 1 is 1.40 bits per heavy atom. The van der Waals surface area contributed by atoms with E-state index in [-0.39, 0.29) is 0 Å². The van der Waals surface area contributed by atoms with Crippen molar-refractivity contribution in [3.05, 3.63) is 0 Å². The molecule has 1 fully saturated rings. The Morgan fingerprint density at radius 3 is 2.93 bits per heavy atom. The van der Waals surface area contributed by atoms with Crippen molar-refractivity contribution in [2.45, 2.75) is 56.6 Å². The number of unbranched alkanes of at least 4 members (excludes halogenated alkanes) is 1. The number of tetrazole rings is 1. The zero-order valence-electron chi connectivity index (χ0n) is 9.22. The molecule has 0 saturated heterocycles. The molecule has 1 aliphatic carbocycles. The average Bonchev–Trinajstić information content (AvgIpc) is 2.87. The molecule has 0 N–H and O–H groups in total. The van der Waals surface area contributed by atoms with Gasteiger partial charge in [0, 0.05) is 5.75 Å². The normalized spacial score (nSPS) is 17.4. The lowest BCUT2D eigenvalue weighted by molar-refractivity contribution is 0.423. The summed E-state index contributed by atoms with van der Waals surface area (Å²) in [6.45, 7) is 2.21. The fourth-order valence-corrected chi connectivity index (χ4v) is 2.99. The van der Waals surface area contributed by atoms with Crippen LogP contribution in [0.15, 0.2) is 5.16 Å². The standard InChI is InChI=1S/C10H18N4S/c1-2-3-8-15-10-11-12-13-14(10)9-6-4-5-7-9/h9H,2-8H2,1H3. The van der Waals surface area contributed by atoms with Gasteiger partial charge in [-0.25, -0.2) is 4.68 Å². The molecule has 0 bridgehead atoms. The van der Waals surface area contributed by atoms with Crippen molar-refractivity contribution in [3.63, 3.8) is 0 Å². The van der Waals surface area contributed by atoms with Crippen LogP contribution in [0.5, 0.6) is 0 Å². The molecule has 2 rings (SSSR count). The maximum absolute atomic E-state index is 4.11. The van der Waals surface area contributed by atoms with Crippen LogP contribution in [0.3, 0.4) is 0 Å². The van der Waals surface area contributed by atoms with E-state index >= 15 is 0 Å². The van der Waals surface area contributed by atoms with Crippen molar-refractivity contribution >= 4 is 11.8 Å². The van der Waals surface area contributed by atoms with Crippen molar-refractivity contribution in [2.75, 3.05) is 5.75 Å². The van der Waals surface area contributed by atoms with Crippen molar-refractivity contribution in [3.8, 4) is 0 Å². The smallest absolute Gasteiger partial charge is 0.209 e. The largest absolute Gasteiger partial charge is 0.217 e. The number of aromatic nitrogens is 4. The Bertz CT molecular complexity index is 293. The summed E-state index contributed by atoms with van der Waals surface area (Å²) in [5.74, 6) is 1.13. The molecule has 0 radical (unpaired) electrons. The van der Waals surface area contributed by atoms with Crippen molar-refractivity contribution in [1.29, 1.82) is 0 Å². The van der Waals surface area contributed by atoms with E-state index in [0.717, 1.165) is 10.9 Å². The molecule has 5 heteroatoms. The molecule has 1 saturated carbocycles. The Hall–Kier alpha value is -0.580. The van der Waals surface area contributed by atoms with Gasteiger partial charge in [-0.3, -0.25) is 0 Å². The lowest BCUT2D eigenvalue weighted by Crippen LogP contribution is -2.08. The van der Waals surface area contributed by atoms with E-state index in [1.54, 1.807) is 11.8 Å². The molecule has 4 nitrogen and oxygen atoms in total. The summed E-state index contributed by atoms with van der Waals surface area (Å²) < 4.78 is 2.04. The first kappa shape index (κ1) is 10.9. The molecule has 0 amide bonds. The molecule has 15 heavy (non-hydrogen) atoms. The maximum atomic E-state index is 4.11. The third kappa shape index (κ3) is 2.71. The average molecular weight is 226 g/mol. The van der Waals surface area contributed by atoms with Crippen molar-refractivity contribution in [1.82, 2.24) is 20.2 Å². The molecule has 0 spiro atoms. The van der Waals surface area contributed by atoms with Crippen LogP contribution in [-0.4, -0.2) is 26.0 Å². The molecule has 0 aromatic carbocycles. The molecule has 1 aromatic rings. The van der Waals surface area contributed by atoms with E-state index < -0.39 is 0 Å². The highest BCUT2D eigenvalue weighted by atomic mass is 32.2. The van der Waals surface area contributed by atoms with E-state index in [1.807, 2.05) is 4.68 Å². The Morgan fingerprint density at radius 2 is 2.20 bits per heavy atom. The Balaban J connectivity index is 1.95. The van der Waals surface area contributed by atoms with Gasteiger partial charge in [-0.2, -0.15) is 0 Å². The third-order valence-corrected chi connectivity index (χ3v) is 3.88. The van der Waals surface area contributed by atoms with Crippen LogP contribution in [-0.2, 0) is 0 Å². The van der Waals surface area contributed by atoms with Gasteiger partial charge in [0.25, 0.3) is 0 Å². The highest BCUT2D eigenvalue weighted by Crippen LogP contribution is 2.31. The summed E-state index contributed by atoms with van der Waals surface area (Å²) >= 11 is 1.79. The molecule has 1 aromatic heterocycles. The summed E-state index contributed by atoms with van der Waals surface area (Å²) in [4.78, 5) is 0. The van der Waals surface area contributed by atoms with Gasteiger partial charge < -0.3 is 0 Å². The van der Waals surface area contributed by atoms with Crippen LogP contribution in [0, 0.1) is 0 Å². The van der Waals surface area contributed by atoms with Crippen LogP contribution < -0.4 is 0 Å². The van der Waals surface area contributed by atoms with E-state index in [4.69, 9.17) is 0 Å². The highest BCUT2D eigenvalue weighted by Gasteiger charge is 2.21. The van der Waals surface area contributed by atoms with E-state index in [9.17, 15) is 0 Å². The zero-order chi connectivity index (χ0) is 10.5. The number of thioether (sulfide) groups is 1. The maximum Gasteiger partial charge on any atom is 0.209 e. The first-order valence-corrected chi connectivity index (χ1v) is 6.81. The van der Waals surface area contributed by atoms with Gasteiger partial charge in [0.2, 0.25) is 5.16 Å². The first-order chi connectivity index (χ1) is 7.42. The van der Waals surface area contributed by atoms with Gasteiger partial charge in [-0.1, -0.05) is 37.9 Å². The minimum Gasteiger partial charge on any atom is -0.217 e. The summed E-state index contributed by atoms with van der Waals surface area (Å²) in [5, 5.41) is 13.0. The van der Waals surface area contributed by atoms with Crippen LogP contribution in [0.2, 0.25) is 0 Å². The Kier molecular flexibility index (Phi) is 4.00. The predicted molar refractivity (Wildman–Crippen MR) is 61.0 cm³/mol. The van der Waals surface area contributed by atoms with Gasteiger partial charge in [-0.05, 0) is 29.7 Å². The summed E-state index contributed by atoms with van der Waals surface area (Å²) in [7, 11) is 0. The number of hydrogen-bond acceptors (Lipinski definition) is 4. The second-order valence-corrected chi connectivity index (χ2v) is 5.11. The third-order valence-electron chi connectivity index (χ3n) is 2.86. The molecule has 84 valence electrons. The molecular formula is C10H18N4S. The second kappa shape index (κ2) is 5.49. The fourth-order valence-electron chi connectivity index (χ4n) is 1.97. The second-order valence-electron chi connectivity index (χ2n) is 4.05. The molecule has 0 aliphatic heterocycles. The summed E-state index contributed by atoms with van der Waals surface area (Å²) in [6, 6.07) is 0.559. The van der Waals surface area contributed by atoms with E-state index in [2.05, 4.69) is 22.4 Å². The Labute approximate surface area is 94.8 Å². The van der Waals surface area contributed by atoms with E-state index in [0.29, 0.717) is 6.04 Å². The number of hydrogen-bond donors (Lipinski definition) is 0.